The van der Waals surface area contributed by atoms with Crippen LogP contribution in [0.2, 0.25) is 0 Å². The van der Waals surface area contributed by atoms with Crippen molar-refractivity contribution in [1.82, 2.24) is 24.6 Å². The second kappa shape index (κ2) is 7.83. The molecule has 2 fully saturated rings. The van der Waals surface area contributed by atoms with Crippen LogP contribution >= 0.6 is 0 Å². The zero-order chi connectivity index (χ0) is 22.5. The first-order valence-corrected chi connectivity index (χ1v) is 10.6. The van der Waals surface area contributed by atoms with E-state index in [0.29, 0.717) is 24.1 Å². The van der Waals surface area contributed by atoms with Crippen LogP contribution in [0.5, 0.6) is 11.6 Å². The fourth-order valence-corrected chi connectivity index (χ4v) is 5.03. The van der Waals surface area contributed by atoms with Crippen molar-refractivity contribution in [3.63, 3.8) is 0 Å². The van der Waals surface area contributed by atoms with Crippen molar-refractivity contribution in [2.45, 2.75) is 49.7 Å². The molecule has 5 atom stereocenters. The number of hydrogen-bond acceptors (Lipinski definition) is 7. The van der Waals surface area contributed by atoms with Crippen LogP contribution < -0.4 is 4.74 Å². The third-order valence-electron chi connectivity index (χ3n) is 7.02. The van der Waals surface area contributed by atoms with Gasteiger partial charge < -0.3 is 19.1 Å². The van der Waals surface area contributed by atoms with Crippen molar-refractivity contribution in [2.24, 2.45) is 0 Å². The second-order valence-corrected chi connectivity index (χ2v) is 8.74. The minimum atomic E-state index is -1.18. The Hall–Kier alpha value is -3.04. The third kappa shape index (κ3) is 3.32. The van der Waals surface area contributed by atoms with Crippen LogP contribution in [-0.2, 0) is 4.74 Å². The third-order valence-corrected chi connectivity index (χ3v) is 7.02. The molecule has 4 heterocycles. The van der Waals surface area contributed by atoms with E-state index in [1.54, 1.807) is 54.7 Å². The van der Waals surface area contributed by atoms with Crippen LogP contribution in [0.15, 0.2) is 49.1 Å². The van der Waals surface area contributed by atoms with Crippen molar-refractivity contribution in [2.75, 3.05) is 14.2 Å². The maximum atomic E-state index is 15.4. The van der Waals surface area contributed by atoms with Crippen molar-refractivity contribution in [1.29, 1.82) is 0 Å². The van der Waals surface area contributed by atoms with Crippen LogP contribution in [0.4, 0.5) is 4.39 Å². The number of aromatic hydroxyl groups is 1. The highest BCUT2D eigenvalue weighted by Crippen LogP contribution is 2.46. The monoisotopic (exact) mass is 439 g/mol. The summed E-state index contributed by atoms with van der Waals surface area (Å²) in [5.74, 6) is 0.339. The standard InChI is InChI=1S/C23H26FN5O3/c1-23-12-20(31-3)17(28(23)2)11-19(22(23)24)32-21-7-6-16(26-27-21)15-5-4-14(10-18(15)30)29-9-8-25-13-29/h4-10,13,17,19-20,22,30H,11-12H2,1-3H3/t17-,19+,20+,22-,23-/m0/s1. The van der Waals surface area contributed by atoms with Crippen LogP contribution in [0, 0.1) is 0 Å². The van der Waals surface area contributed by atoms with Gasteiger partial charge >= 0.3 is 0 Å². The number of piperidine rings is 1. The Morgan fingerprint density at radius 2 is 2.03 bits per heavy atom. The number of halogens is 1. The second-order valence-electron chi connectivity index (χ2n) is 8.74. The Bertz CT molecular complexity index is 1090. The Morgan fingerprint density at radius 3 is 2.69 bits per heavy atom. The summed E-state index contributed by atoms with van der Waals surface area (Å²) < 4.78 is 28.7. The molecule has 0 amide bonds. The molecule has 0 aliphatic carbocycles. The first kappa shape index (κ1) is 20.8. The maximum Gasteiger partial charge on any atom is 0.233 e. The lowest BCUT2D eigenvalue weighted by molar-refractivity contribution is -0.0649. The van der Waals surface area contributed by atoms with Gasteiger partial charge in [0, 0.05) is 49.7 Å². The van der Waals surface area contributed by atoms with E-state index in [2.05, 4.69) is 20.1 Å². The predicted molar refractivity (Wildman–Crippen MR) is 116 cm³/mol. The number of ether oxygens (including phenoxy) is 2. The molecule has 0 spiro atoms. The number of aromatic nitrogens is 4. The fourth-order valence-electron chi connectivity index (χ4n) is 5.03. The topological polar surface area (TPSA) is 85.5 Å². The average molecular weight is 439 g/mol. The number of hydrogen-bond donors (Lipinski definition) is 1. The van der Waals surface area contributed by atoms with Gasteiger partial charge in [-0.05, 0) is 38.6 Å². The van der Waals surface area contributed by atoms with E-state index < -0.39 is 17.8 Å². The molecule has 1 aromatic carbocycles. The highest BCUT2D eigenvalue weighted by Gasteiger charge is 2.59. The van der Waals surface area contributed by atoms with Gasteiger partial charge in [0.1, 0.15) is 11.9 Å². The summed E-state index contributed by atoms with van der Waals surface area (Å²) >= 11 is 0. The van der Waals surface area contributed by atoms with E-state index >= 15 is 4.39 Å². The Morgan fingerprint density at radius 1 is 1.19 bits per heavy atom. The molecular weight excluding hydrogens is 413 g/mol. The van der Waals surface area contributed by atoms with Gasteiger partial charge in [-0.25, -0.2) is 9.37 Å². The van der Waals surface area contributed by atoms with Gasteiger partial charge in [0.15, 0.2) is 6.17 Å². The summed E-state index contributed by atoms with van der Waals surface area (Å²) in [7, 11) is 3.62. The number of alkyl halides is 1. The molecule has 8 nitrogen and oxygen atoms in total. The number of phenolic OH excluding ortho intramolecular Hbond substituents is 1. The molecule has 2 bridgehead atoms. The summed E-state index contributed by atoms with van der Waals surface area (Å²) in [4.78, 5) is 6.09. The number of nitrogens with zero attached hydrogens (tertiary/aromatic N) is 5. The molecule has 168 valence electrons. The first-order chi connectivity index (χ1) is 15.4. The minimum Gasteiger partial charge on any atom is -0.507 e. The zero-order valence-electron chi connectivity index (χ0n) is 18.2. The largest absolute Gasteiger partial charge is 0.507 e. The zero-order valence-corrected chi connectivity index (χ0v) is 18.2. The van der Waals surface area contributed by atoms with E-state index in [1.165, 1.54) is 0 Å². The Kier molecular flexibility index (Phi) is 5.10. The van der Waals surface area contributed by atoms with Gasteiger partial charge in [-0.2, -0.15) is 0 Å². The van der Waals surface area contributed by atoms with Gasteiger partial charge in [-0.3, -0.25) is 4.90 Å². The molecule has 32 heavy (non-hydrogen) atoms. The van der Waals surface area contributed by atoms with Crippen LogP contribution in [0.1, 0.15) is 19.8 Å². The molecule has 9 heteroatoms. The number of fused-ring (bicyclic) bond motifs is 2. The summed E-state index contributed by atoms with van der Waals surface area (Å²) in [6.07, 6.45) is 4.46. The summed E-state index contributed by atoms with van der Waals surface area (Å²) in [6.45, 7) is 1.92. The molecule has 1 N–H and O–H groups in total. The molecule has 2 saturated heterocycles. The number of rotatable bonds is 5. The smallest absolute Gasteiger partial charge is 0.233 e. The van der Waals surface area contributed by atoms with Gasteiger partial charge in [0.25, 0.3) is 0 Å². The van der Waals surface area contributed by atoms with Gasteiger partial charge in [-0.1, -0.05) is 0 Å². The number of imidazole rings is 1. The SMILES string of the molecule is CO[C@@H]1C[C@@]2(C)[C@@H](F)[C@H](Oc3ccc(-c4ccc(-n5ccnc5)cc4O)nn3)C[C@@H]1N2C. The van der Waals surface area contributed by atoms with E-state index in [-0.39, 0.29) is 23.8 Å². The Labute approximate surface area is 185 Å². The molecule has 0 radical (unpaired) electrons. The lowest BCUT2D eigenvalue weighted by atomic mass is 9.87. The van der Waals surface area contributed by atoms with Gasteiger partial charge in [0.2, 0.25) is 5.88 Å². The molecule has 2 aliphatic rings. The van der Waals surface area contributed by atoms with Crippen molar-refractivity contribution in [3.8, 4) is 28.6 Å². The number of benzene rings is 1. The highest BCUT2D eigenvalue weighted by molar-refractivity contribution is 5.68. The lowest BCUT2D eigenvalue weighted by Gasteiger charge is -2.45. The molecular formula is C23H26FN5O3. The first-order valence-electron chi connectivity index (χ1n) is 10.6. The van der Waals surface area contributed by atoms with Crippen LogP contribution in [0.3, 0.4) is 0 Å². The average Bonchev–Trinajstić information content (AvgIpc) is 3.39. The van der Waals surface area contributed by atoms with Crippen molar-refractivity contribution in [3.05, 3.63) is 49.1 Å². The number of phenols is 1. The molecule has 0 unspecified atom stereocenters. The molecule has 5 rings (SSSR count). The fraction of sp³-hybridized carbons (Fsp3) is 0.435. The highest BCUT2D eigenvalue weighted by atomic mass is 19.1. The van der Waals surface area contributed by atoms with E-state index in [4.69, 9.17) is 9.47 Å². The van der Waals surface area contributed by atoms with E-state index in [9.17, 15) is 5.11 Å². The number of likely N-dealkylation sites (N-methyl/N-ethyl adjacent to an activating group) is 1. The molecule has 3 aromatic rings. The van der Waals surface area contributed by atoms with E-state index in [1.807, 2.05) is 20.0 Å². The minimum absolute atomic E-state index is 0.0152. The maximum absolute atomic E-state index is 15.4. The quantitative estimate of drug-likeness (QED) is 0.654. The predicted octanol–water partition coefficient (Wildman–Crippen LogP) is 3.00. The number of methoxy groups -OCH3 is 1. The summed E-state index contributed by atoms with van der Waals surface area (Å²) in [6, 6.07) is 8.74. The van der Waals surface area contributed by atoms with Gasteiger partial charge in [-0.15, -0.1) is 10.2 Å². The molecule has 2 aliphatic heterocycles. The Balaban J connectivity index is 1.33. The molecule has 2 aromatic heterocycles. The van der Waals surface area contributed by atoms with E-state index in [0.717, 1.165) is 5.69 Å². The van der Waals surface area contributed by atoms with Crippen LogP contribution in [0.25, 0.3) is 16.9 Å². The van der Waals surface area contributed by atoms with Crippen molar-refractivity contribution >= 4 is 0 Å². The normalized spacial score (nSPS) is 29.9. The summed E-state index contributed by atoms with van der Waals surface area (Å²) in [5.41, 5.74) is 1.19. The van der Waals surface area contributed by atoms with Crippen LogP contribution in [-0.4, -0.2) is 73.9 Å². The summed E-state index contributed by atoms with van der Waals surface area (Å²) in [5, 5.41) is 18.8. The van der Waals surface area contributed by atoms with Crippen molar-refractivity contribution < 1.29 is 19.0 Å². The van der Waals surface area contributed by atoms with Gasteiger partial charge in [0.05, 0.1) is 29.4 Å². The lowest BCUT2D eigenvalue weighted by Crippen LogP contribution is -2.60. The molecule has 0 saturated carbocycles.